The topological polar surface area (TPSA) is 86.8 Å². The molecule has 3 aliphatic rings. The monoisotopic (exact) mass is 429 g/mol. The number of benzene rings is 1. The van der Waals surface area contributed by atoms with Crippen molar-refractivity contribution in [1.82, 2.24) is 15.1 Å². The molecule has 7 nitrogen and oxygen atoms in total. The van der Waals surface area contributed by atoms with Crippen molar-refractivity contribution in [3.63, 3.8) is 0 Å². The number of nitrogens with one attached hydrogen (secondary N) is 1. The average molecular weight is 430 g/mol. The molecule has 4 rings (SSSR count). The van der Waals surface area contributed by atoms with Gasteiger partial charge in [0.2, 0.25) is 11.8 Å². The van der Waals surface area contributed by atoms with Crippen molar-refractivity contribution in [2.75, 3.05) is 12.3 Å². The van der Waals surface area contributed by atoms with Gasteiger partial charge in [0, 0.05) is 11.8 Å². The molecule has 1 aromatic carbocycles. The standard InChI is InChI=1S/C22H27N3O4S/c1-22(2)25(17(13-30-22)19(27)23-14-8-4-3-5-9-14)18(26)12-24-20(28)15-10-6-7-11-16(15)21(24)29/h6-7,10-11,14,17H,3-5,8-9,12-13H2,1-2H3,(H,23,27). The molecule has 2 heterocycles. The number of thioether (sulfide) groups is 1. The number of nitrogens with zero attached hydrogens (tertiary/aromatic N) is 2. The number of rotatable bonds is 4. The number of amides is 4. The van der Waals surface area contributed by atoms with E-state index in [2.05, 4.69) is 5.32 Å². The van der Waals surface area contributed by atoms with Crippen LogP contribution in [-0.2, 0) is 9.59 Å². The second kappa shape index (κ2) is 8.06. The van der Waals surface area contributed by atoms with Crippen LogP contribution in [0.4, 0.5) is 0 Å². The van der Waals surface area contributed by atoms with Gasteiger partial charge in [-0.3, -0.25) is 24.1 Å². The molecule has 160 valence electrons. The molecule has 4 amide bonds. The molecule has 1 N–H and O–H groups in total. The molecule has 1 saturated heterocycles. The van der Waals surface area contributed by atoms with Crippen LogP contribution >= 0.6 is 11.8 Å². The zero-order valence-electron chi connectivity index (χ0n) is 17.3. The van der Waals surface area contributed by atoms with Crippen molar-refractivity contribution in [3.05, 3.63) is 35.4 Å². The van der Waals surface area contributed by atoms with Crippen molar-refractivity contribution < 1.29 is 19.2 Å². The first kappa shape index (κ1) is 20.9. The quantitative estimate of drug-likeness (QED) is 0.743. The largest absolute Gasteiger partial charge is 0.352 e. The summed E-state index contributed by atoms with van der Waals surface area (Å²) in [5, 5.41) is 3.12. The van der Waals surface area contributed by atoms with Crippen LogP contribution in [0.2, 0.25) is 0 Å². The number of hydrogen-bond donors (Lipinski definition) is 1. The molecule has 1 unspecified atom stereocenters. The van der Waals surface area contributed by atoms with Gasteiger partial charge in [-0.1, -0.05) is 31.4 Å². The lowest BCUT2D eigenvalue weighted by molar-refractivity contribution is -0.142. The van der Waals surface area contributed by atoms with E-state index in [0.29, 0.717) is 16.9 Å². The summed E-state index contributed by atoms with van der Waals surface area (Å²) in [6.07, 6.45) is 5.36. The van der Waals surface area contributed by atoms with E-state index in [4.69, 9.17) is 0 Å². The molecule has 0 aromatic heterocycles. The number of fused-ring (bicyclic) bond motifs is 1. The molecule has 0 bridgehead atoms. The van der Waals surface area contributed by atoms with Crippen LogP contribution in [0, 0.1) is 0 Å². The molecule has 30 heavy (non-hydrogen) atoms. The molecule has 0 spiro atoms. The lowest BCUT2D eigenvalue weighted by atomic mass is 9.95. The molecule has 1 aliphatic carbocycles. The minimum atomic E-state index is -0.602. The maximum atomic E-state index is 13.3. The summed E-state index contributed by atoms with van der Waals surface area (Å²) in [5.41, 5.74) is 0.633. The molecule has 1 saturated carbocycles. The van der Waals surface area contributed by atoms with Crippen LogP contribution in [0.5, 0.6) is 0 Å². The third-order valence-electron chi connectivity index (χ3n) is 6.18. The van der Waals surface area contributed by atoms with Gasteiger partial charge in [0.1, 0.15) is 12.6 Å². The molecule has 8 heteroatoms. The third-order valence-corrected chi connectivity index (χ3v) is 7.57. The fraction of sp³-hybridized carbons (Fsp3) is 0.545. The third kappa shape index (κ3) is 3.73. The fourth-order valence-corrected chi connectivity index (χ4v) is 5.84. The molecule has 1 aromatic rings. The van der Waals surface area contributed by atoms with Crippen molar-refractivity contribution in [2.24, 2.45) is 0 Å². The Labute approximate surface area is 180 Å². The fourth-order valence-electron chi connectivity index (χ4n) is 4.61. The highest BCUT2D eigenvalue weighted by molar-refractivity contribution is 8.00. The Morgan fingerprint density at radius 1 is 1.07 bits per heavy atom. The summed E-state index contributed by atoms with van der Waals surface area (Å²) in [6, 6.07) is 6.14. The van der Waals surface area contributed by atoms with Crippen molar-refractivity contribution in [2.45, 2.75) is 62.9 Å². The molecule has 2 aliphatic heterocycles. The Hall–Kier alpha value is -2.35. The van der Waals surface area contributed by atoms with Crippen LogP contribution < -0.4 is 5.32 Å². The number of carbonyl (C=O) groups excluding carboxylic acids is 4. The minimum Gasteiger partial charge on any atom is -0.352 e. The van der Waals surface area contributed by atoms with Crippen LogP contribution in [0.1, 0.15) is 66.7 Å². The first-order chi connectivity index (χ1) is 14.3. The van der Waals surface area contributed by atoms with E-state index < -0.39 is 22.7 Å². The van der Waals surface area contributed by atoms with Gasteiger partial charge < -0.3 is 10.2 Å². The highest BCUT2D eigenvalue weighted by Gasteiger charge is 2.48. The van der Waals surface area contributed by atoms with E-state index >= 15 is 0 Å². The van der Waals surface area contributed by atoms with Crippen molar-refractivity contribution in [1.29, 1.82) is 0 Å². The first-order valence-corrected chi connectivity index (χ1v) is 11.5. The van der Waals surface area contributed by atoms with Crippen LogP contribution in [-0.4, -0.2) is 62.7 Å². The Kier molecular flexibility index (Phi) is 5.61. The second-order valence-electron chi connectivity index (χ2n) is 8.62. The zero-order chi connectivity index (χ0) is 21.5. The van der Waals surface area contributed by atoms with Gasteiger partial charge in [-0.05, 0) is 38.8 Å². The van der Waals surface area contributed by atoms with Gasteiger partial charge >= 0.3 is 0 Å². The SMILES string of the molecule is CC1(C)SCC(C(=O)NC2CCCCC2)N1C(=O)CN1C(=O)c2ccccc2C1=O. The van der Waals surface area contributed by atoms with E-state index in [9.17, 15) is 19.2 Å². The molecule has 1 atom stereocenters. The first-order valence-electron chi connectivity index (χ1n) is 10.5. The van der Waals surface area contributed by atoms with Gasteiger partial charge in [-0.15, -0.1) is 11.8 Å². The van der Waals surface area contributed by atoms with Gasteiger partial charge in [0.25, 0.3) is 11.8 Å². The molecule has 0 radical (unpaired) electrons. The molecular weight excluding hydrogens is 402 g/mol. The van der Waals surface area contributed by atoms with E-state index in [1.807, 2.05) is 13.8 Å². The maximum Gasteiger partial charge on any atom is 0.262 e. The van der Waals surface area contributed by atoms with Crippen molar-refractivity contribution >= 4 is 35.4 Å². The van der Waals surface area contributed by atoms with Gasteiger partial charge in [0.05, 0.1) is 16.0 Å². The molecular formula is C22H27N3O4S. The Balaban J connectivity index is 1.49. The summed E-state index contributed by atoms with van der Waals surface area (Å²) in [6.45, 7) is 3.43. The Morgan fingerprint density at radius 3 is 2.27 bits per heavy atom. The van der Waals surface area contributed by atoms with Crippen LogP contribution in [0.25, 0.3) is 0 Å². The average Bonchev–Trinajstić information content (AvgIpc) is 3.17. The van der Waals surface area contributed by atoms with Crippen LogP contribution in [0.15, 0.2) is 24.3 Å². The van der Waals surface area contributed by atoms with Gasteiger partial charge in [-0.25, -0.2) is 0 Å². The minimum absolute atomic E-state index is 0.143. The lowest BCUT2D eigenvalue weighted by Crippen LogP contribution is -2.56. The summed E-state index contributed by atoms with van der Waals surface area (Å²) in [7, 11) is 0. The van der Waals surface area contributed by atoms with Gasteiger partial charge in [0.15, 0.2) is 0 Å². The molecule has 2 fully saturated rings. The lowest BCUT2D eigenvalue weighted by Gasteiger charge is -2.35. The predicted molar refractivity (Wildman–Crippen MR) is 114 cm³/mol. The Bertz CT molecular complexity index is 859. The van der Waals surface area contributed by atoms with E-state index in [0.717, 1.165) is 30.6 Å². The van der Waals surface area contributed by atoms with Crippen LogP contribution in [0.3, 0.4) is 0 Å². The highest BCUT2D eigenvalue weighted by atomic mass is 32.2. The summed E-state index contributed by atoms with van der Waals surface area (Å²) in [4.78, 5) is 53.5. The van der Waals surface area contributed by atoms with Gasteiger partial charge in [-0.2, -0.15) is 0 Å². The zero-order valence-corrected chi connectivity index (χ0v) is 18.2. The number of hydrogen-bond acceptors (Lipinski definition) is 5. The van der Waals surface area contributed by atoms with E-state index in [-0.39, 0.29) is 24.4 Å². The van der Waals surface area contributed by atoms with E-state index in [1.54, 1.807) is 29.2 Å². The number of carbonyl (C=O) groups is 4. The normalized spacial score (nSPS) is 23.6. The summed E-state index contributed by atoms with van der Waals surface area (Å²) >= 11 is 1.54. The summed E-state index contributed by atoms with van der Waals surface area (Å²) in [5.74, 6) is -0.952. The maximum absolute atomic E-state index is 13.3. The van der Waals surface area contributed by atoms with E-state index in [1.165, 1.54) is 18.2 Å². The summed E-state index contributed by atoms with van der Waals surface area (Å²) < 4.78 is 0. The number of imide groups is 1. The Morgan fingerprint density at radius 2 is 1.67 bits per heavy atom. The smallest absolute Gasteiger partial charge is 0.262 e. The van der Waals surface area contributed by atoms with Crippen molar-refractivity contribution in [3.8, 4) is 0 Å². The second-order valence-corrected chi connectivity index (χ2v) is 10.2. The predicted octanol–water partition coefficient (Wildman–Crippen LogP) is 2.41. The highest BCUT2D eigenvalue weighted by Crippen LogP contribution is 2.39.